The molecule has 4 nitrogen and oxygen atoms in total. The minimum atomic E-state index is 0.111. The monoisotopic (exact) mass is 330 g/mol. The summed E-state index contributed by atoms with van der Waals surface area (Å²) < 4.78 is 10.6. The van der Waals surface area contributed by atoms with Crippen LogP contribution < -0.4 is 20.1 Å². The summed E-state index contributed by atoms with van der Waals surface area (Å²) >= 11 is 5.40. The lowest BCUT2D eigenvalue weighted by molar-refractivity contribution is 0.395. The molecule has 0 aliphatic rings. The highest BCUT2D eigenvalue weighted by atomic mass is 32.1. The summed E-state index contributed by atoms with van der Waals surface area (Å²) in [6, 6.07) is 14.0. The molecular weight excluding hydrogens is 308 g/mol. The number of aryl methyl sites for hydroxylation is 1. The first-order valence-corrected chi connectivity index (χ1v) is 7.80. The van der Waals surface area contributed by atoms with Crippen LogP contribution in [0.1, 0.15) is 24.1 Å². The van der Waals surface area contributed by atoms with Gasteiger partial charge in [0.25, 0.3) is 0 Å². The predicted octanol–water partition coefficient (Wildman–Crippen LogP) is 4.06. The van der Waals surface area contributed by atoms with Gasteiger partial charge in [-0.1, -0.05) is 29.8 Å². The number of ether oxygens (including phenoxy) is 2. The van der Waals surface area contributed by atoms with E-state index in [2.05, 4.69) is 48.7 Å². The van der Waals surface area contributed by atoms with Crippen LogP contribution in [0.3, 0.4) is 0 Å². The van der Waals surface area contributed by atoms with E-state index in [1.54, 1.807) is 14.2 Å². The van der Waals surface area contributed by atoms with Crippen molar-refractivity contribution < 1.29 is 9.47 Å². The van der Waals surface area contributed by atoms with Crippen LogP contribution in [0.25, 0.3) is 0 Å². The van der Waals surface area contributed by atoms with E-state index in [4.69, 9.17) is 21.7 Å². The van der Waals surface area contributed by atoms with Crippen molar-refractivity contribution in [1.82, 2.24) is 5.32 Å². The molecule has 0 fully saturated rings. The molecule has 0 aromatic heterocycles. The fraction of sp³-hybridized carbons (Fsp3) is 0.278. The second kappa shape index (κ2) is 7.83. The van der Waals surface area contributed by atoms with Gasteiger partial charge in [0, 0.05) is 6.07 Å². The molecule has 0 aliphatic carbocycles. The van der Waals surface area contributed by atoms with Gasteiger partial charge < -0.3 is 20.1 Å². The van der Waals surface area contributed by atoms with Gasteiger partial charge in [0.15, 0.2) is 5.11 Å². The lowest BCUT2D eigenvalue weighted by Crippen LogP contribution is -2.31. The van der Waals surface area contributed by atoms with Crippen LogP contribution in [0.15, 0.2) is 42.5 Å². The van der Waals surface area contributed by atoms with Gasteiger partial charge in [-0.3, -0.25) is 0 Å². The number of anilines is 1. The highest BCUT2D eigenvalue weighted by Crippen LogP contribution is 2.29. The molecule has 2 aromatic carbocycles. The molecule has 0 saturated heterocycles. The van der Waals surface area contributed by atoms with Crippen LogP contribution in [-0.4, -0.2) is 19.3 Å². The number of rotatable bonds is 5. The molecule has 0 saturated carbocycles. The molecule has 0 radical (unpaired) electrons. The van der Waals surface area contributed by atoms with Crippen molar-refractivity contribution in [3.8, 4) is 11.5 Å². The van der Waals surface area contributed by atoms with E-state index in [-0.39, 0.29) is 6.04 Å². The topological polar surface area (TPSA) is 42.5 Å². The summed E-state index contributed by atoms with van der Waals surface area (Å²) in [5.41, 5.74) is 3.22. The number of nitrogens with one attached hydrogen (secondary N) is 2. The quantitative estimate of drug-likeness (QED) is 0.809. The molecule has 0 bridgehead atoms. The third-order valence-electron chi connectivity index (χ3n) is 3.58. The van der Waals surface area contributed by atoms with E-state index < -0.39 is 0 Å². The molecule has 1 atom stereocenters. The lowest BCUT2D eigenvalue weighted by Gasteiger charge is -2.19. The van der Waals surface area contributed by atoms with Gasteiger partial charge in [-0.05, 0) is 43.8 Å². The number of thiocarbonyl (C=S) groups is 1. The minimum Gasteiger partial charge on any atom is -0.497 e. The van der Waals surface area contributed by atoms with E-state index in [0.29, 0.717) is 10.9 Å². The van der Waals surface area contributed by atoms with Crippen LogP contribution in [0.4, 0.5) is 5.69 Å². The van der Waals surface area contributed by atoms with E-state index >= 15 is 0 Å². The smallest absolute Gasteiger partial charge is 0.171 e. The molecule has 2 rings (SSSR count). The van der Waals surface area contributed by atoms with Gasteiger partial charge >= 0.3 is 0 Å². The second-order valence-corrected chi connectivity index (χ2v) is 5.71. The fourth-order valence-corrected chi connectivity index (χ4v) is 2.48. The average molecular weight is 330 g/mol. The minimum absolute atomic E-state index is 0.111. The van der Waals surface area contributed by atoms with Crippen LogP contribution in [0.5, 0.6) is 11.5 Å². The highest BCUT2D eigenvalue weighted by Gasteiger charge is 2.10. The highest BCUT2D eigenvalue weighted by molar-refractivity contribution is 7.80. The molecule has 0 heterocycles. The molecule has 0 amide bonds. The Labute approximate surface area is 142 Å². The van der Waals surface area contributed by atoms with Crippen molar-refractivity contribution in [2.75, 3.05) is 19.5 Å². The first kappa shape index (κ1) is 17.1. The zero-order chi connectivity index (χ0) is 16.8. The average Bonchev–Trinajstić information content (AvgIpc) is 2.55. The summed E-state index contributed by atoms with van der Waals surface area (Å²) in [5, 5.41) is 6.99. The third-order valence-corrected chi connectivity index (χ3v) is 3.80. The number of benzene rings is 2. The third kappa shape index (κ3) is 4.60. The molecule has 5 heteroatoms. The number of hydrogen-bond donors (Lipinski definition) is 2. The van der Waals surface area contributed by atoms with Gasteiger partial charge in [0.1, 0.15) is 11.5 Å². The maximum absolute atomic E-state index is 5.40. The van der Waals surface area contributed by atoms with Crippen molar-refractivity contribution >= 4 is 23.0 Å². The summed E-state index contributed by atoms with van der Waals surface area (Å²) in [7, 11) is 3.24. The molecule has 122 valence electrons. The Morgan fingerprint density at radius 1 is 1.04 bits per heavy atom. The standard InChI is InChI=1S/C18H22N2O2S/c1-12-5-7-14(8-6-12)13(2)19-18(23)20-16-10-9-15(21-3)11-17(16)22-4/h5-11,13H,1-4H3,(H2,19,20,23). The summed E-state index contributed by atoms with van der Waals surface area (Å²) in [4.78, 5) is 0. The van der Waals surface area contributed by atoms with Gasteiger partial charge in [0.2, 0.25) is 0 Å². The largest absolute Gasteiger partial charge is 0.497 e. The van der Waals surface area contributed by atoms with E-state index in [9.17, 15) is 0 Å². The van der Waals surface area contributed by atoms with E-state index in [0.717, 1.165) is 11.4 Å². The van der Waals surface area contributed by atoms with Crippen LogP contribution in [-0.2, 0) is 0 Å². The van der Waals surface area contributed by atoms with Crippen molar-refractivity contribution in [2.45, 2.75) is 19.9 Å². The molecule has 0 aliphatic heterocycles. The molecule has 2 N–H and O–H groups in total. The first-order valence-electron chi connectivity index (χ1n) is 7.39. The maximum atomic E-state index is 5.40. The summed E-state index contributed by atoms with van der Waals surface area (Å²) in [6.45, 7) is 4.15. The van der Waals surface area contributed by atoms with Crippen LogP contribution in [0.2, 0.25) is 0 Å². The Morgan fingerprint density at radius 2 is 1.74 bits per heavy atom. The van der Waals surface area contributed by atoms with Gasteiger partial charge in [-0.25, -0.2) is 0 Å². The van der Waals surface area contributed by atoms with Crippen LogP contribution >= 0.6 is 12.2 Å². The molecule has 0 spiro atoms. The fourth-order valence-electron chi connectivity index (χ4n) is 2.20. The first-order chi connectivity index (χ1) is 11.0. The SMILES string of the molecule is COc1ccc(NC(=S)NC(C)c2ccc(C)cc2)c(OC)c1. The normalized spacial score (nSPS) is 11.5. The van der Waals surface area contributed by atoms with Crippen molar-refractivity contribution in [3.05, 3.63) is 53.6 Å². The zero-order valence-corrected chi connectivity index (χ0v) is 14.7. The maximum Gasteiger partial charge on any atom is 0.171 e. The lowest BCUT2D eigenvalue weighted by atomic mass is 10.1. The van der Waals surface area contributed by atoms with E-state index in [1.807, 2.05) is 18.2 Å². The molecule has 2 aromatic rings. The van der Waals surface area contributed by atoms with Gasteiger partial charge in [-0.15, -0.1) is 0 Å². The van der Waals surface area contributed by atoms with Gasteiger partial charge in [0.05, 0.1) is 25.9 Å². The Balaban J connectivity index is 2.03. The Kier molecular flexibility index (Phi) is 5.82. The predicted molar refractivity (Wildman–Crippen MR) is 98.5 cm³/mol. The van der Waals surface area contributed by atoms with Crippen LogP contribution in [0, 0.1) is 6.92 Å². The zero-order valence-electron chi connectivity index (χ0n) is 13.8. The van der Waals surface area contributed by atoms with Gasteiger partial charge in [-0.2, -0.15) is 0 Å². The van der Waals surface area contributed by atoms with Crippen molar-refractivity contribution in [1.29, 1.82) is 0 Å². The van der Waals surface area contributed by atoms with E-state index in [1.165, 1.54) is 11.1 Å². The number of methoxy groups -OCH3 is 2. The second-order valence-electron chi connectivity index (χ2n) is 5.30. The Morgan fingerprint density at radius 3 is 2.35 bits per heavy atom. The molecular formula is C18H22N2O2S. The molecule has 23 heavy (non-hydrogen) atoms. The molecule has 1 unspecified atom stereocenters. The van der Waals surface area contributed by atoms with Crippen molar-refractivity contribution in [3.63, 3.8) is 0 Å². The summed E-state index contributed by atoms with van der Waals surface area (Å²) in [6.07, 6.45) is 0. The Bertz CT molecular complexity index is 671. The number of hydrogen-bond acceptors (Lipinski definition) is 3. The van der Waals surface area contributed by atoms with Crippen molar-refractivity contribution in [2.24, 2.45) is 0 Å². The summed E-state index contributed by atoms with van der Waals surface area (Å²) in [5.74, 6) is 1.41. The Hall–Kier alpha value is -2.27.